The van der Waals surface area contributed by atoms with E-state index in [-0.39, 0.29) is 6.04 Å². The maximum absolute atomic E-state index is 6.43. The Labute approximate surface area is 130 Å². The van der Waals surface area contributed by atoms with Crippen LogP contribution >= 0.6 is 23.2 Å². The van der Waals surface area contributed by atoms with Gasteiger partial charge in [0.15, 0.2) is 0 Å². The zero-order valence-electron chi connectivity index (χ0n) is 12.2. The van der Waals surface area contributed by atoms with Gasteiger partial charge in [-0.05, 0) is 67.8 Å². The Bertz CT molecular complexity index is 635. The Morgan fingerprint density at radius 2 is 1.50 bits per heavy atom. The van der Waals surface area contributed by atoms with Crippen molar-refractivity contribution in [3.63, 3.8) is 0 Å². The van der Waals surface area contributed by atoms with E-state index in [0.29, 0.717) is 0 Å². The van der Waals surface area contributed by atoms with Gasteiger partial charge in [0.1, 0.15) is 0 Å². The Hall–Kier alpha value is -1.02. The molecule has 0 bridgehead atoms. The highest BCUT2D eigenvalue weighted by Crippen LogP contribution is 2.31. The summed E-state index contributed by atoms with van der Waals surface area (Å²) in [5.74, 6) is 0. The van der Waals surface area contributed by atoms with Gasteiger partial charge in [-0.1, -0.05) is 41.4 Å². The topological polar surface area (TPSA) is 12.0 Å². The third-order valence-corrected chi connectivity index (χ3v) is 4.48. The highest BCUT2D eigenvalue weighted by molar-refractivity contribution is 6.31. The number of hydrogen-bond donors (Lipinski definition) is 1. The molecule has 0 amide bonds. The summed E-state index contributed by atoms with van der Waals surface area (Å²) < 4.78 is 0. The van der Waals surface area contributed by atoms with Gasteiger partial charge in [0.2, 0.25) is 0 Å². The van der Waals surface area contributed by atoms with E-state index in [0.717, 1.165) is 21.2 Å². The molecule has 2 aromatic carbocycles. The van der Waals surface area contributed by atoms with Crippen molar-refractivity contribution >= 4 is 23.2 Å². The van der Waals surface area contributed by atoms with Crippen molar-refractivity contribution < 1.29 is 0 Å². The van der Waals surface area contributed by atoms with Crippen LogP contribution in [0.25, 0.3) is 0 Å². The molecule has 3 heteroatoms. The van der Waals surface area contributed by atoms with Crippen molar-refractivity contribution in [2.24, 2.45) is 0 Å². The van der Waals surface area contributed by atoms with Crippen LogP contribution in [-0.2, 0) is 0 Å². The number of nitrogens with one attached hydrogen (secondary N) is 1. The van der Waals surface area contributed by atoms with Crippen LogP contribution < -0.4 is 5.32 Å². The van der Waals surface area contributed by atoms with Crippen LogP contribution in [0.15, 0.2) is 30.3 Å². The summed E-state index contributed by atoms with van der Waals surface area (Å²) in [5, 5.41) is 4.92. The summed E-state index contributed by atoms with van der Waals surface area (Å²) in [7, 11) is 1.94. The molecule has 0 fully saturated rings. The number of aryl methyl sites for hydroxylation is 3. The van der Waals surface area contributed by atoms with Crippen LogP contribution in [0.4, 0.5) is 0 Å². The molecule has 1 atom stereocenters. The van der Waals surface area contributed by atoms with Gasteiger partial charge in [0.25, 0.3) is 0 Å². The molecule has 2 aromatic rings. The first-order valence-corrected chi connectivity index (χ1v) is 7.39. The lowest BCUT2D eigenvalue weighted by molar-refractivity contribution is 0.690. The number of rotatable bonds is 3. The minimum absolute atomic E-state index is 0.0674. The molecule has 20 heavy (non-hydrogen) atoms. The van der Waals surface area contributed by atoms with Crippen molar-refractivity contribution in [1.82, 2.24) is 5.32 Å². The molecule has 0 aromatic heterocycles. The van der Waals surface area contributed by atoms with E-state index < -0.39 is 0 Å². The third-order valence-electron chi connectivity index (χ3n) is 3.73. The molecule has 0 radical (unpaired) electrons. The molecule has 0 saturated heterocycles. The SMILES string of the molecule is CNC(c1ccc(Cl)c(C)c1)c1cc(C)c(C)cc1Cl. The fourth-order valence-corrected chi connectivity index (χ4v) is 2.82. The molecule has 106 valence electrons. The predicted octanol–water partition coefficient (Wildman–Crippen LogP) is 5.23. The van der Waals surface area contributed by atoms with Gasteiger partial charge >= 0.3 is 0 Å². The van der Waals surface area contributed by atoms with Crippen LogP contribution in [0.5, 0.6) is 0 Å². The van der Waals surface area contributed by atoms with Gasteiger partial charge in [0.05, 0.1) is 6.04 Å². The van der Waals surface area contributed by atoms with Crippen molar-refractivity contribution in [1.29, 1.82) is 0 Å². The van der Waals surface area contributed by atoms with Crippen molar-refractivity contribution in [3.8, 4) is 0 Å². The Kier molecular flexibility index (Phi) is 4.74. The molecule has 1 unspecified atom stereocenters. The summed E-state index contributed by atoms with van der Waals surface area (Å²) >= 11 is 12.5. The molecular formula is C17H19Cl2N. The zero-order chi connectivity index (χ0) is 14.9. The number of benzene rings is 2. The minimum Gasteiger partial charge on any atom is -0.309 e. The smallest absolute Gasteiger partial charge is 0.0589 e. The van der Waals surface area contributed by atoms with Crippen LogP contribution in [-0.4, -0.2) is 7.05 Å². The summed E-state index contributed by atoms with van der Waals surface area (Å²) in [5.41, 5.74) is 5.79. The maximum Gasteiger partial charge on any atom is 0.0589 e. The Morgan fingerprint density at radius 1 is 0.850 bits per heavy atom. The highest BCUT2D eigenvalue weighted by atomic mass is 35.5. The van der Waals surface area contributed by atoms with E-state index in [1.807, 2.05) is 32.2 Å². The first-order valence-electron chi connectivity index (χ1n) is 6.64. The van der Waals surface area contributed by atoms with Gasteiger partial charge in [-0.25, -0.2) is 0 Å². The average Bonchev–Trinajstić information content (AvgIpc) is 2.40. The van der Waals surface area contributed by atoms with Gasteiger partial charge in [-0.15, -0.1) is 0 Å². The standard InChI is InChI=1S/C17H19Cl2N/c1-10-8-14(16(19)9-11(10)2)17(20-4)13-5-6-15(18)12(3)7-13/h5-9,17,20H,1-4H3. The monoisotopic (exact) mass is 307 g/mol. The summed E-state index contributed by atoms with van der Waals surface area (Å²) in [6.07, 6.45) is 0. The Morgan fingerprint density at radius 3 is 2.10 bits per heavy atom. The lowest BCUT2D eigenvalue weighted by Gasteiger charge is -2.20. The van der Waals surface area contributed by atoms with Gasteiger partial charge in [-0.3, -0.25) is 0 Å². The molecule has 0 aliphatic heterocycles. The first kappa shape index (κ1) is 15.4. The first-order chi connectivity index (χ1) is 9.43. The fourth-order valence-electron chi connectivity index (χ4n) is 2.37. The predicted molar refractivity (Wildman–Crippen MR) is 88.0 cm³/mol. The maximum atomic E-state index is 6.43. The van der Waals surface area contributed by atoms with Gasteiger partial charge in [-0.2, -0.15) is 0 Å². The summed E-state index contributed by atoms with van der Waals surface area (Å²) in [6.45, 7) is 6.20. The van der Waals surface area contributed by atoms with E-state index in [4.69, 9.17) is 23.2 Å². The largest absolute Gasteiger partial charge is 0.309 e. The molecule has 2 rings (SSSR count). The number of hydrogen-bond acceptors (Lipinski definition) is 1. The van der Waals surface area contributed by atoms with Crippen molar-refractivity contribution in [2.75, 3.05) is 7.05 Å². The number of halogens is 2. The van der Waals surface area contributed by atoms with Crippen LogP contribution in [0.1, 0.15) is 33.9 Å². The molecule has 1 N–H and O–H groups in total. The zero-order valence-corrected chi connectivity index (χ0v) is 13.7. The molecule has 0 spiro atoms. The van der Waals surface area contributed by atoms with Crippen molar-refractivity contribution in [2.45, 2.75) is 26.8 Å². The second-order valence-electron chi connectivity index (χ2n) is 5.19. The van der Waals surface area contributed by atoms with E-state index in [1.165, 1.54) is 16.7 Å². The van der Waals surface area contributed by atoms with Crippen LogP contribution in [0.3, 0.4) is 0 Å². The molecule has 1 nitrogen and oxygen atoms in total. The van der Waals surface area contributed by atoms with Crippen LogP contribution in [0.2, 0.25) is 10.0 Å². The molecule has 0 aliphatic carbocycles. The quantitative estimate of drug-likeness (QED) is 0.819. The molecule has 0 heterocycles. The lowest BCUT2D eigenvalue weighted by atomic mass is 9.94. The van der Waals surface area contributed by atoms with Gasteiger partial charge in [0, 0.05) is 10.0 Å². The normalized spacial score (nSPS) is 12.5. The Balaban J connectivity index is 2.52. The van der Waals surface area contributed by atoms with E-state index in [9.17, 15) is 0 Å². The molecule has 0 aliphatic rings. The van der Waals surface area contributed by atoms with Crippen molar-refractivity contribution in [3.05, 3.63) is 68.2 Å². The highest BCUT2D eigenvalue weighted by Gasteiger charge is 2.16. The average molecular weight is 308 g/mol. The lowest BCUT2D eigenvalue weighted by Crippen LogP contribution is -2.18. The minimum atomic E-state index is 0.0674. The second-order valence-corrected chi connectivity index (χ2v) is 6.00. The molecular weight excluding hydrogens is 289 g/mol. The fraction of sp³-hybridized carbons (Fsp3) is 0.294. The van der Waals surface area contributed by atoms with Gasteiger partial charge < -0.3 is 5.32 Å². The second kappa shape index (κ2) is 6.17. The summed E-state index contributed by atoms with van der Waals surface area (Å²) in [6, 6.07) is 10.3. The third kappa shape index (κ3) is 3.01. The van der Waals surface area contributed by atoms with Crippen LogP contribution in [0, 0.1) is 20.8 Å². The van der Waals surface area contributed by atoms with E-state index >= 15 is 0 Å². The van der Waals surface area contributed by atoms with E-state index in [2.05, 4.69) is 31.3 Å². The van der Waals surface area contributed by atoms with E-state index in [1.54, 1.807) is 0 Å². The summed E-state index contributed by atoms with van der Waals surface area (Å²) in [4.78, 5) is 0. The molecule has 0 saturated carbocycles.